The van der Waals surface area contributed by atoms with Crippen molar-refractivity contribution in [3.63, 3.8) is 0 Å². The lowest BCUT2D eigenvalue weighted by molar-refractivity contribution is 0.172. The third-order valence-electron chi connectivity index (χ3n) is 5.21. The summed E-state index contributed by atoms with van der Waals surface area (Å²) in [5.41, 5.74) is 0. The highest BCUT2D eigenvalue weighted by atomic mass is 15.2. The van der Waals surface area contributed by atoms with Crippen molar-refractivity contribution in [3.05, 3.63) is 0 Å². The highest BCUT2D eigenvalue weighted by Gasteiger charge is 2.23. The first-order valence-electron chi connectivity index (χ1n) is 9.12. The van der Waals surface area contributed by atoms with Crippen LogP contribution in [-0.2, 0) is 0 Å². The first-order chi connectivity index (χ1) is 9.65. The average Bonchev–Trinajstić information content (AvgIpc) is 2.91. The van der Waals surface area contributed by atoms with Gasteiger partial charge in [0.1, 0.15) is 0 Å². The van der Waals surface area contributed by atoms with Gasteiger partial charge in [-0.2, -0.15) is 0 Å². The third-order valence-corrected chi connectivity index (χ3v) is 5.21. The van der Waals surface area contributed by atoms with Crippen LogP contribution < -0.4 is 5.32 Å². The van der Waals surface area contributed by atoms with E-state index in [9.17, 15) is 0 Å². The van der Waals surface area contributed by atoms with Gasteiger partial charge in [0, 0.05) is 31.7 Å². The van der Waals surface area contributed by atoms with Gasteiger partial charge >= 0.3 is 0 Å². The van der Waals surface area contributed by atoms with E-state index in [-0.39, 0.29) is 0 Å². The Morgan fingerprint density at radius 3 is 2.45 bits per heavy atom. The molecule has 20 heavy (non-hydrogen) atoms. The molecule has 2 nitrogen and oxygen atoms in total. The first kappa shape index (κ1) is 16.3. The van der Waals surface area contributed by atoms with Crippen LogP contribution >= 0.6 is 0 Å². The van der Waals surface area contributed by atoms with Gasteiger partial charge in [0.2, 0.25) is 0 Å². The van der Waals surface area contributed by atoms with E-state index in [2.05, 4.69) is 31.0 Å². The molecule has 0 aromatic rings. The molecule has 2 atom stereocenters. The van der Waals surface area contributed by atoms with Gasteiger partial charge in [-0.05, 0) is 37.5 Å². The minimum absolute atomic E-state index is 0.795. The van der Waals surface area contributed by atoms with Crippen LogP contribution in [0.25, 0.3) is 0 Å². The maximum atomic E-state index is 3.84. The highest BCUT2D eigenvalue weighted by Crippen LogP contribution is 2.25. The van der Waals surface area contributed by atoms with Crippen molar-refractivity contribution >= 4 is 0 Å². The first-order valence-corrected chi connectivity index (χ1v) is 9.12. The van der Waals surface area contributed by atoms with Gasteiger partial charge in [-0.3, -0.25) is 4.90 Å². The Bertz CT molecular complexity index is 258. The molecular formula is C18H36N2. The van der Waals surface area contributed by atoms with Crippen LogP contribution in [0.3, 0.4) is 0 Å². The molecule has 2 saturated carbocycles. The van der Waals surface area contributed by atoms with E-state index in [4.69, 9.17) is 0 Å². The standard InChI is InChI=1S/C18H36N2/c1-15(2)14-20(18-9-4-5-10-18)12-11-19-17-8-6-7-16(3)13-17/h15-19H,4-14H2,1-3H3. The second-order valence-electron chi connectivity index (χ2n) is 7.75. The molecule has 2 unspecified atom stereocenters. The van der Waals surface area contributed by atoms with E-state index >= 15 is 0 Å². The summed E-state index contributed by atoms with van der Waals surface area (Å²) in [6.07, 6.45) is 11.4. The lowest BCUT2D eigenvalue weighted by atomic mass is 9.87. The Morgan fingerprint density at radius 2 is 1.80 bits per heavy atom. The fourth-order valence-electron chi connectivity index (χ4n) is 4.19. The van der Waals surface area contributed by atoms with E-state index in [0.29, 0.717) is 0 Å². The molecule has 0 aromatic heterocycles. The third kappa shape index (κ3) is 5.37. The van der Waals surface area contributed by atoms with Crippen molar-refractivity contribution in [1.29, 1.82) is 0 Å². The van der Waals surface area contributed by atoms with Gasteiger partial charge in [0.15, 0.2) is 0 Å². The molecule has 0 saturated heterocycles. The van der Waals surface area contributed by atoms with Crippen molar-refractivity contribution in [2.24, 2.45) is 11.8 Å². The predicted octanol–water partition coefficient (Wildman–Crippen LogP) is 4.06. The Labute approximate surface area is 126 Å². The lowest BCUT2D eigenvalue weighted by Gasteiger charge is -2.32. The van der Waals surface area contributed by atoms with Gasteiger partial charge in [0.25, 0.3) is 0 Å². The molecule has 0 aliphatic heterocycles. The topological polar surface area (TPSA) is 15.3 Å². The average molecular weight is 280 g/mol. The van der Waals surface area contributed by atoms with Gasteiger partial charge in [-0.25, -0.2) is 0 Å². The summed E-state index contributed by atoms with van der Waals surface area (Å²) in [6, 6.07) is 1.67. The molecule has 2 aliphatic carbocycles. The zero-order valence-electron chi connectivity index (χ0n) is 14.0. The number of nitrogens with one attached hydrogen (secondary N) is 1. The fraction of sp³-hybridized carbons (Fsp3) is 1.00. The second kappa shape index (κ2) is 8.38. The Hall–Kier alpha value is -0.0800. The van der Waals surface area contributed by atoms with Gasteiger partial charge in [-0.1, -0.05) is 46.5 Å². The summed E-state index contributed by atoms with van der Waals surface area (Å²) < 4.78 is 0. The smallest absolute Gasteiger partial charge is 0.0110 e. The van der Waals surface area contributed by atoms with Crippen molar-refractivity contribution < 1.29 is 0 Å². The van der Waals surface area contributed by atoms with Crippen LogP contribution in [0.4, 0.5) is 0 Å². The quantitative estimate of drug-likeness (QED) is 0.756. The number of rotatable bonds is 7. The Kier molecular flexibility index (Phi) is 6.83. The number of hydrogen-bond donors (Lipinski definition) is 1. The molecule has 2 rings (SSSR count). The van der Waals surface area contributed by atoms with E-state index in [1.165, 1.54) is 71.0 Å². The molecule has 2 fully saturated rings. The molecule has 0 heterocycles. The normalized spacial score (nSPS) is 28.6. The van der Waals surface area contributed by atoms with Crippen LogP contribution in [0.5, 0.6) is 0 Å². The summed E-state index contributed by atoms with van der Waals surface area (Å²) in [5, 5.41) is 3.84. The monoisotopic (exact) mass is 280 g/mol. The van der Waals surface area contributed by atoms with E-state index in [1.54, 1.807) is 0 Å². The predicted molar refractivity (Wildman–Crippen MR) is 88.1 cm³/mol. The highest BCUT2D eigenvalue weighted by molar-refractivity contribution is 4.80. The second-order valence-corrected chi connectivity index (χ2v) is 7.75. The Morgan fingerprint density at radius 1 is 1.05 bits per heavy atom. The molecule has 0 spiro atoms. The molecule has 0 aromatic carbocycles. The van der Waals surface area contributed by atoms with E-state index in [1.807, 2.05) is 0 Å². The summed E-state index contributed by atoms with van der Waals surface area (Å²) >= 11 is 0. The summed E-state index contributed by atoms with van der Waals surface area (Å²) in [7, 11) is 0. The number of hydrogen-bond acceptors (Lipinski definition) is 2. The van der Waals surface area contributed by atoms with E-state index < -0.39 is 0 Å². The van der Waals surface area contributed by atoms with Gasteiger partial charge in [0.05, 0.1) is 0 Å². The van der Waals surface area contributed by atoms with Crippen molar-refractivity contribution in [2.45, 2.75) is 84.2 Å². The van der Waals surface area contributed by atoms with Crippen molar-refractivity contribution in [3.8, 4) is 0 Å². The molecule has 118 valence electrons. The van der Waals surface area contributed by atoms with Crippen molar-refractivity contribution in [2.75, 3.05) is 19.6 Å². The van der Waals surface area contributed by atoms with Crippen molar-refractivity contribution in [1.82, 2.24) is 10.2 Å². The lowest BCUT2D eigenvalue weighted by Crippen LogP contribution is -2.43. The maximum Gasteiger partial charge on any atom is 0.0110 e. The maximum absolute atomic E-state index is 3.84. The van der Waals surface area contributed by atoms with E-state index in [0.717, 1.165) is 23.9 Å². The summed E-state index contributed by atoms with van der Waals surface area (Å²) in [5.74, 6) is 1.73. The molecule has 0 amide bonds. The van der Waals surface area contributed by atoms with Crippen LogP contribution in [0.2, 0.25) is 0 Å². The number of nitrogens with zero attached hydrogens (tertiary/aromatic N) is 1. The Balaban J connectivity index is 1.70. The largest absolute Gasteiger partial charge is 0.313 e. The molecule has 2 aliphatic rings. The molecule has 0 radical (unpaired) electrons. The minimum atomic E-state index is 0.795. The molecular weight excluding hydrogens is 244 g/mol. The summed E-state index contributed by atoms with van der Waals surface area (Å²) in [6.45, 7) is 10.9. The van der Waals surface area contributed by atoms with Gasteiger partial charge in [-0.15, -0.1) is 0 Å². The SMILES string of the molecule is CC(C)CN(CCNC1CCCC(C)C1)C1CCCC1. The zero-order chi connectivity index (χ0) is 14.4. The fourth-order valence-corrected chi connectivity index (χ4v) is 4.19. The summed E-state index contributed by atoms with van der Waals surface area (Å²) in [4.78, 5) is 2.77. The van der Waals surface area contributed by atoms with Crippen LogP contribution in [0.1, 0.15) is 72.1 Å². The molecule has 2 heteroatoms. The zero-order valence-corrected chi connectivity index (χ0v) is 14.0. The minimum Gasteiger partial charge on any atom is -0.313 e. The molecule has 0 bridgehead atoms. The molecule has 1 N–H and O–H groups in total. The van der Waals surface area contributed by atoms with Gasteiger partial charge < -0.3 is 5.32 Å². The van der Waals surface area contributed by atoms with Crippen LogP contribution in [0.15, 0.2) is 0 Å². The van der Waals surface area contributed by atoms with Crippen LogP contribution in [-0.4, -0.2) is 36.6 Å². The van der Waals surface area contributed by atoms with Crippen LogP contribution in [0, 0.1) is 11.8 Å².